The summed E-state index contributed by atoms with van der Waals surface area (Å²) in [6.45, 7) is 10.3. The molecule has 0 spiro atoms. The number of rotatable bonds is 2. The van der Waals surface area contributed by atoms with Crippen LogP contribution in [0.5, 0.6) is 0 Å². The summed E-state index contributed by atoms with van der Waals surface area (Å²) in [5.74, 6) is 0.229. The molecule has 0 aliphatic rings. The Bertz CT molecular complexity index is 440. The van der Waals surface area contributed by atoms with E-state index in [4.69, 9.17) is 0 Å². The molecule has 0 aliphatic carbocycles. The van der Waals surface area contributed by atoms with Crippen LogP contribution < -0.4 is 0 Å². The summed E-state index contributed by atoms with van der Waals surface area (Å²) in [4.78, 5) is 0. The molecule has 0 radical (unpaired) electrons. The molecule has 102 valence electrons. The Labute approximate surface area is 107 Å². The summed E-state index contributed by atoms with van der Waals surface area (Å²) >= 11 is 0. The molecule has 0 bridgehead atoms. The minimum Gasteiger partial charge on any atom is -0.170 e. The Balaban J connectivity index is 3.45. The molecule has 0 aromatic heterocycles. The third-order valence-electron chi connectivity index (χ3n) is 3.76. The van der Waals surface area contributed by atoms with Crippen LogP contribution in [0.3, 0.4) is 0 Å². The molecule has 18 heavy (non-hydrogen) atoms. The van der Waals surface area contributed by atoms with E-state index in [9.17, 15) is 13.2 Å². The zero-order chi connectivity index (χ0) is 14.3. The largest absolute Gasteiger partial charge is 0.397 e. The molecule has 0 nitrogen and oxygen atoms in total. The third-order valence-corrected chi connectivity index (χ3v) is 3.76. The van der Waals surface area contributed by atoms with Gasteiger partial charge in [0.05, 0.1) is 5.41 Å². The molecule has 0 heterocycles. The SMILES string of the molecule is Cc1cc(C(C)(C)C(F)(F)F)cc(C(C)C)c1C. The van der Waals surface area contributed by atoms with E-state index in [-0.39, 0.29) is 5.92 Å². The van der Waals surface area contributed by atoms with Gasteiger partial charge in [0.1, 0.15) is 0 Å². The second-order valence-corrected chi connectivity index (χ2v) is 5.78. The molecule has 0 saturated heterocycles. The Morgan fingerprint density at radius 2 is 1.50 bits per heavy atom. The Morgan fingerprint density at radius 1 is 1.00 bits per heavy atom. The van der Waals surface area contributed by atoms with Crippen LogP contribution in [0.2, 0.25) is 0 Å². The summed E-state index contributed by atoms with van der Waals surface area (Å²) in [5, 5.41) is 0. The molecule has 3 heteroatoms. The van der Waals surface area contributed by atoms with Crippen molar-refractivity contribution in [1.82, 2.24) is 0 Å². The molecule has 1 rings (SSSR count). The fourth-order valence-corrected chi connectivity index (χ4v) is 2.01. The van der Waals surface area contributed by atoms with Crippen LogP contribution in [0.25, 0.3) is 0 Å². The van der Waals surface area contributed by atoms with Gasteiger partial charge in [-0.25, -0.2) is 0 Å². The average Bonchev–Trinajstić information content (AvgIpc) is 2.19. The van der Waals surface area contributed by atoms with Gasteiger partial charge in [0, 0.05) is 0 Å². The molecular weight excluding hydrogens is 237 g/mol. The van der Waals surface area contributed by atoms with Crippen LogP contribution in [0, 0.1) is 13.8 Å². The number of hydrogen-bond acceptors (Lipinski definition) is 0. The van der Waals surface area contributed by atoms with Gasteiger partial charge in [-0.3, -0.25) is 0 Å². The molecule has 0 saturated carbocycles. The molecule has 1 aromatic carbocycles. The first kappa shape index (κ1) is 15.1. The van der Waals surface area contributed by atoms with Crippen molar-refractivity contribution in [2.45, 2.75) is 59.1 Å². The van der Waals surface area contributed by atoms with Gasteiger partial charge in [-0.05, 0) is 55.9 Å². The van der Waals surface area contributed by atoms with Crippen LogP contribution >= 0.6 is 0 Å². The van der Waals surface area contributed by atoms with Crippen LogP contribution in [0.15, 0.2) is 12.1 Å². The van der Waals surface area contributed by atoms with Crippen molar-refractivity contribution in [2.24, 2.45) is 0 Å². The number of halogens is 3. The fraction of sp³-hybridized carbons (Fsp3) is 0.600. The molecule has 0 aliphatic heterocycles. The highest BCUT2D eigenvalue weighted by molar-refractivity contribution is 5.42. The highest BCUT2D eigenvalue weighted by atomic mass is 19.4. The van der Waals surface area contributed by atoms with E-state index < -0.39 is 11.6 Å². The lowest BCUT2D eigenvalue weighted by Crippen LogP contribution is -2.36. The van der Waals surface area contributed by atoms with Crippen molar-refractivity contribution in [2.75, 3.05) is 0 Å². The lowest BCUT2D eigenvalue weighted by molar-refractivity contribution is -0.180. The normalized spacial score (nSPS) is 13.2. The van der Waals surface area contributed by atoms with Crippen molar-refractivity contribution in [1.29, 1.82) is 0 Å². The van der Waals surface area contributed by atoms with E-state index in [0.29, 0.717) is 5.56 Å². The Morgan fingerprint density at radius 3 is 1.89 bits per heavy atom. The minimum atomic E-state index is -4.23. The van der Waals surface area contributed by atoms with Crippen molar-refractivity contribution in [3.63, 3.8) is 0 Å². The molecular formula is C15H21F3. The Kier molecular flexibility index (Phi) is 3.85. The molecule has 0 N–H and O–H groups in total. The predicted molar refractivity (Wildman–Crippen MR) is 69.1 cm³/mol. The molecule has 0 fully saturated rings. The molecule has 0 atom stereocenters. The first-order valence-corrected chi connectivity index (χ1v) is 6.17. The van der Waals surface area contributed by atoms with E-state index >= 15 is 0 Å². The van der Waals surface area contributed by atoms with Crippen LogP contribution in [-0.4, -0.2) is 6.18 Å². The van der Waals surface area contributed by atoms with E-state index in [0.717, 1.165) is 16.7 Å². The van der Waals surface area contributed by atoms with E-state index in [1.165, 1.54) is 13.8 Å². The lowest BCUT2D eigenvalue weighted by Gasteiger charge is -2.30. The Hall–Kier alpha value is -0.990. The maximum absolute atomic E-state index is 13.1. The molecule has 1 aromatic rings. The monoisotopic (exact) mass is 258 g/mol. The second kappa shape index (κ2) is 4.60. The second-order valence-electron chi connectivity index (χ2n) is 5.78. The van der Waals surface area contributed by atoms with Crippen molar-refractivity contribution in [3.8, 4) is 0 Å². The van der Waals surface area contributed by atoms with Gasteiger partial charge < -0.3 is 0 Å². The van der Waals surface area contributed by atoms with E-state index in [2.05, 4.69) is 0 Å². The first-order chi connectivity index (χ1) is 7.98. The minimum absolute atomic E-state index is 0.229. The number of hydrogen-bond donors (Lipinski definition) is 0. The summed E-state index contributed by atoms with van der Waals surface area (Å²) in [5.41, 5.74) is 1.55. The highest BCUT2D eigenvalue weighted by Gasteiger charge is 2.48. The van der Waals surface area contributed by atoms with Crippen LogP contribution in [0.4, 0.5) is 13.2 Å². The maximum atomic E-state index is 13.1. The molecule has 0 unspecified atom stereocenters. The predicted octanol–water partition coefficient (Wildman–Crippen LogP) is 5.27. The highest BCUT2D eigenvalue weighted by Crippen LogP contribution is 2.42. The summed E-state index contributed by atoms with van der Waals surface area (Å²) in [7, 11) is 0. The van der Waals surface area contributed by atoms with Gasteiger partial charge in [-0.1, -0.05) is 26.0 Å². The van der Waals surface area contributed by atoms with Crippen molar-refractivity contribution >= 4 is 0 Å². The average molecular weight is 258 g/mol. The van der Waals surface area contributed by atoms with Crippen LogP contribution in [0.1, 0.15) is 55.9 Å². The van der Waals surface area contributed by atoms with Crippen molar-refractivity contribution < 1.29 is 13.2 Å². The number of aryl methyl sites for hydroxylation is 1. The third kappa shape index (κ3) is 2.55. The van der Waals surface area contributed by atoms with E-state index in [1.54, 1.807) is 12.1 Å². The zero-order valence-electron chi connectivity index (χ0n) is 11.9. The zero-order valence-corrected chi connectivity index (χ0v) is 11.9. The van der Waals surface area contributed by atoms with Gasteiger partial charge in [0.25, 0.3) is 0 Å². The standard InChI is InChI=1S/C15H21F3/c1-9(2)13-8-12(7-10(3)11(13)4)14(5,6)15(16,17)18/h7-9H,1-6H3. The topological polar surface area (TPSA) is 0 Å². The number of alkyl halides is 3. The lowest BCUT2D eigenvalue weighted by atomic mass is 9.80. The smallest absolute Gasteiger partial charge is 0.170 e. The summed E-state index contributed by atoms with van der Waals surface area (Å²) < 4.78 is 39.3. The van der Waals surface area contributed by atoms with E-state index in [1.807, 2.05) is 27.7 Å². The van der Waals surface area contributed by atoms with Crippen LogP contribution in [-0.2, 0) is 5.41 Å². The number of benzene rings is 1. The van der Waals surface area contributed by atoms with Gasteiger partial charge >= 0.3 is 6.18 Å². The van der Waals surface area contributed by atoms with Crippen molar-refractivity contribution in [3.05, 3.63) is 34.4 Å². The maximum Gasteiger partial charge on any atom is 0.397 e. The summed E-state index contributed by atoms with van der Waals surface area (Å²) in [6, 6.07) is 3.37. The first-order valence-electron chi connectivity index (χ1n) is 6.17. The van der Waals surface area contributed by atoms with Gasteiger partial charge in [-0.2, -0.15) is 13.2 Å². The van der Waals surface area contributed by atoms with Gasteiger partial charge in [0.2, 0.25) is 0 Å². The molecule has 0 amide bonds. The fourth-order valence-electron chi connectivity index (χ4n) is 2.01. The van der Waals surface area contributed by atoms with Gasteiger partial charge in [0.15, 0.2) is 0 Å². The quantitative estimate of drug-likeness (QED) is 0.678. The summed E-state index contributed by atoms with van der Waals surface area (Å²) in [6.07, 6.45) is -4.23. The van der Waals surface area contributed by atoms with Gasteiger partial charge in [-0.15, -0.1) is 0 Å².